The van der Waals surface area contributed by atoms with Crippen molar-refractivity contribution in [2.45, 2.75) is 119 Å². The molecule has 1 unspecified atom stereocenters. The molecule has 43 heavy (non-hydrogen) atoms. The fourth-order valence-electron chi connectivity index (χ4n) is 12.7. The van der Waals surface area contributed by atoms with Gasteiger partial charge in [0.1, 0.15) is 6.10 Å². The predicted molar refractivity (Wildman–Crippen MR) is 173 cm³/mol. The molecule has 0 spiro atoms. The van der Waals surface area contributed by atoms with Gasteiger partial charge in [-0.15, -0.1) is 0 Å². The average molecular weight is 589 g/mol. The molecule has 4 heteroatoms. The first kappa shape index (κ1) is 30.8. The number of esters is 1. The summed E-state index contributed by atoms with van der Waals surface area (Å²) in [4.78, 5) is 13.0. The van der Waals surface area contributed by atoms with Gasteiger partial charge in [0.15, 0.2) is 11.5 Å². The van der Waals surface area contributed by atoms with Crippen LogP contribution in [-0.4, -0.2) is 22.3 Å². The van der Waals surface area contributed by atoms with E-state index in [2.05, 4.69) is 55.0 Å². The predicted octanol–water partition coefficient (Wildman–Crippen LogP) is 9.70. The molecule has 5 aliphatic carbocycles. The Bertz CT molecular complexity index is 1330. The highest BCUT2D eigenvalue weighted by Crippen LogP contribution is 2.77. The van der Waals surface area contributed by atoms with Crippen molar-refractivity contribution in [3.05, 3.63) is 42.0 Å². The Morgan fingerprint density at radius 1 is 0.860 bits per heavy atom. The topological polar surface area (TPSA) is 66.8 Å². The van der Waals surface area contributed by atoms with Crippen LogP contribution in [0.3, 0.4) is 0 Å². The van der Waals surface area contributed by atoms with Gasteiger partial charge >= 0.3 is 5.97 Å². The number of hydrogen-bond acceptors (Lipinski definition) is 4. The van der Waals surface area contributed by atoms with Crippen LogP contribution in [0.25, 0.3) is 6.08 Å². The molecule has 0 radical (unpaired) electrons. The largest absolute Gasteiger partial charge is 0.504 e. The molecule has 10 atom stereocenters. The number of carbonyl (C=O) groups excluding carboxylic acids is 1. The lowest BCUT2D eigenvalue weighted by Gasteiger charge is -2.73. The van der Waals surface area contributed by atoms with Crippen molar-refractivity contribution in [2.75, 3.05) is 0 Å². The zero-order valence-corrected chi connectivity index (χ0v) is 27.8. The van der Waals surface area contributed by atoms with Crippen molar-refractivity contribution in [3.63, 3.8) is 0 Å². The van der Waals surface area contributed by atoms with Crippen LogP contribution < -0.4 is 0 Å². The van der Waals surface area contributed by atoms with E-state index in [0.717, 1.165) is 24.7 Å². The molecule has 4 nitrogen and oxygen atoms in total. The van der Waals surface area contributed by atoms with Crippen molar-refractivity contribution in [2.24, 2.45) is 56.7 Å². The van der Waals surface area contributed by atoms with E-state index >= 15 is 0 Å². The van der Waals surface area contributed by atoms with E-state index in [0.29, 0.717) is 39.6 Å². The standard InChI is InChI=1S/C39H56O4/c1-24(2)26-15-18-36(5)21-22-38(7)27(34(26)36)11-13-31-37(6)19-17-32(35(3,4)30(37)16-20-39(31,38)8)43-33(42)14-10-25-9-12-28(40)29(41)23-25/h9-10,12,14,23,26-27,30-32,34,40-41H,1,11,13,15-22H2,2-8H3/t26-,27+,30-,31+,32?,34+,36+,37-,38+,39+/m0/s1. The van der Waals surface area contributed by atoms with E-state index in [4.69, 9.17) is 4.74 Å². The quantitative estimate of drug-likeness (QED) is 0.159. The van der Waals surface area contributed by atoms with E-state index < -0.39 is 0 Å². The minimum absolute atomic E-state index is 0.103. The molecule has 0 aromatic heterocycles. The molecular weight excluding hydrogens is 532 g/mol. The summed E-state index contributed by atoms with van der Waals surface area (Å²) in [5.74, 6) is 2.79. The summed E-state index contributed by atoms with van der Waals surface area (Å²) in [5.41, 5.74) is 3.40. The molecule has 0 bridgehead atoms. The number of allylic oxidation sites excluding steroid dienone is 1. The van der Waals surface area contributed by atoms with Gasteiger partial charge in [0.25, 0.3) is 0 Å². The van der Waals surface area contributed by atoms with Crippen molar-refractivity contribution in [3.8, 4) is 11.5 Å². The zero-order valence-electron chi connectivity index (χ0n) is 27.8. The fraction of sp³-hybridized carbons (Fsp3) is 0.718. The highest BCUT2D eigenvalue weighted by atomic mass is 16.5. The number of ether oxygens (including phenoxy) is 1. The van der Waals surface area contributed by atoms with Gasteiger partial charge in [-0.1, -0.05) is 59.8 Å². The smallest absolute Gasteiger partial charge is 0.331 e. The third kappa shape index (κ3) is 4.46. The van der Waals surface area contributed by atoms with Crippen molar-refractivity contribution < 1.29 is 19.7 Å². The lowest BCUT2D eigenvalue weighted by atomic mass is 9.32. The Morgan fingerprint density at radius 2 is 1.60 bits per heavy atom. The van der Waals surface area contributed by atoms with Crippen molar-refractivity contribution in [1.82, 2.24) is 0 Å². The number of rotatable bonds is 4. The van der Waals surface area contributed by atoms with Gasteiger partial charge in [0.2, 0.25) is 0 Å². The molecule has 0 aliphatic heterocycles. The van der Waals surface area contributed by atoms with Crippen LogP contribution in [0.4, 0.5) is 0 Å². The van der Waals surface area contributed by atoms with Crippen molar-refractivity contribution in [1.29, 1.82) is 0 Å². The molecule has 6 rings (SSSR count). The Labute approximate surface area is 260 Å². The maximum atomic E-state index is 13.0. The molecule has 5 saturated carbocycles. The van der Waals surface area contributed by atoms with Crippen LogP contribution in [0.2, 0.25) is 0 Å². The third-order valence-corrected chi connectivity index (χ3v) is 15.1. The highest BCUT2D eigenvalue weighted by molar-refractivity contribution is 5.87. The molecule has 0 amide bonds. The van der Waals surface area contributed by atoms with E-state index in [1.165, 1.54) is 75.1 Å². The molecule has 5 aliphatic rings. The second-order valence-electron chi connectivity index (χ2n) is 17.2. The number of phenols is 2. The SMILES string of the molecule is C=C(C)[C@@H]1CC[C@]2(C)CC[C@]3(C)[C@H](CC[C@@H]4[C@@]5(C)CCC(OC(=O)C=Cc6ccc(O)c(O)c6)C(C)(C)[C@@H]5CC[C@]43C)[C@@H]12. The van der Waals surface area contributed by atoms with E-state index in [9.17, 15) is 15.0 Å². The van der Waals surface area contributed by atoms with Gasteiger partial charge in [-0.3, -0.25) is 0 Å². The van der Waals surface area contributed by atoms with Gasteiger partial charge in [-0.25, -0.2) is 4.79 Å². The average Bonchev–Trinajstić information content (AvgIpc) is 3.29. The molecule has 1 aromatic rings. The lowest BCUT2D eigenvalue weighted by Crippen LogP contribution is -2.66. The molecular formula is C39H56O4. The van der Waals surface area contributed by atoms with Gasteiger partial charge in [-0.05, 0) is 146 Å². The van der Waals surface area contributed by atoms with E-state index in [1.807, 2.05) is 0 Å². The monoisotopic (exact) mass is 588 g/mol. The van der Waals surface area contributed by atoms with Crippen molar-refractivity contribution >= 4 is 12.0 Å². The maximum Gasteiger partial charge on any atom is 0.331 e. The normalized spacial score (nSPS) is 45.0. The summed E-state index contributed by atoms with van der Waals surface area (Å²) in [7, 11) is 0. The number of fused-ring (bicyclic) bond motifs is 7. The van der Waals surface area contributed by atoms with Gasteiger partial charge in [-0.2, -0.15) is 0 Å². The zero-order chi connectivity index (χ0) is 31.2. The van der Waals surface area contributed by atoms with Gasteiger partial charge in [0, 0.05) is 11.5 Å². The first-order chi connectivity index (χ1) is 20.1. The fourth-order valence-corrected chi connectivity index (χ4v) is 12.7. The highest BCUT2D eigenvalue weighted by Gasteiger charge is 2.70. The Balaban J connectivity index is 1.22. The van der Waals surface area contributed by atoms with Gasteiger partial charge < -0.3 is 14.9 Å². The number of carbonyl (C=O) groups is 1. The molecule has 0 heterocycles. The number of hydrogen-bond donors (Lipinski definition) is 2. The molecule has 5 fully saturated rings. The Kier molecular flexibility index (Phi) is 7.26. The second kappa shape index (κ2) is 10.1. The van der Waals surface area contributed by atoms with E-state index in [-0.39, 0.29) is 34.4 Å². The molecule has 0 saturated heterocycles. The summed E-state index contributed by atoms with van der Waals surface area (Å²) in [6.45, 7) is 22.1. The number of benzene rings is 1. The van der Waals surface area contributed by atoms with Crippen LogP contribution in [-0.2, 0) is 9.53 Å². The summed E-state index contributed by atoms with van der Waals surface area (Å²) in [6, 6.07) is 4.54. The lowest BCUT2D eigenvalue weighted by molar-refractivity contribution is -0.248. The summed E-state index contributed by atoms with van der Waals surface area (Å²) >= 11 is 0. The molecule has 236 valence electrons. The van der Waals surface area contributed by atoms with Crippen LogP contribution in [0.1, 0.15) is 118 Å². The maximum absolute atomic E-state index is 13.0. The number of aromatic hydroxyl groups is 2. The summed E-state index contributed by atoms with van der Waals surface area (Å²) < 4.78 is 6.19. The minimum Gasteiger partial charge on any atom is -0.504 e. The second-order valence-corrected chi connectivity index (χ2v) is 17.2. The summed E-state index contributed by atoms with van der Waals surface area (Å²) in [5, 5.41) is 19.4. The number of phenolic OH excluding ortho intramolecular Hbond substituents is 2. The Morgan fingerprint density at radius 3 is 2.30 bits per heavy atom. The van der Waals surface area contributed by atoms with E-state index in [1.54, 1.807) is 12.1 Å². The Hall–Kier alpha value is -2.23. The van der Waals surface area contributed by atoms with Crippen LogP contribution in [0.5, 0.6) is 11.5 Å². The van der Waals surface area contributed by atoms with Crippen LogP contribution in [0.15, 0.2) is 36.4 Å². The van der Waals surface area contributed by atoms with Crippen LogP contribution in [0, 0.1) is 56.7 Å². The molecule has 1 aromatic carbocycles. The molecule has 2 N–H and O–H groups in total. The minimum atomic E-state index is -0.336. The summed E-state index contributed by atoms with van der Waals surface area (Å²) in [6.07, 6.45) is 15.6. The first-order valence-electron chi connectivity index (χ1n) is 17.1. The first-order valence-corrected chi connectivity index (χ1v) is 17.1. The third-order valence-electron chi connectivity index (χ3n) is 15.1. The van der Waals surface area contributed by atoms with Gasteiger partial charge in [0.05, 0.1) is 0 Å². The van der Waals surface area contributed by atoms with Crippen LogP contribution >= 0.6 is 0 Å².